The van der Waals surface area contributed by atoms with Crippen LogP contribution in [0.1, 0.15) is 20.8 Å². The van der Waals surface area contributed by atoms with Crippen LogP contribution in [0, 0.1) is 0 Å². The van der Waals surface area contributed by atoms with Gasteiger partial charge in [0.15, 0.2) is 5.16 Å². The second kappa shape index (κ2) is 5.50. The molecule has 1 rings (SSSR count). The molecule has 1 aromatic rings. The van der Waals surface area contributed by atoms with Gasteiger partial charge in [-0.1, -0.05) is 23.9 Å². The smallest absolute Gasteiger partial charge is 0.186 e. The lowest BCUT2D eigenvalue weighted by molar-refractivity contribution is 0.445. The molecule has 0 saturated carbocycles. The van der Waals surface area contributed by atoms with Gasteiger partial charge in [-0.2, -0.15) is 5.10 Å². The Morgan fingerprint density at radius 1 is 1.56 bits per heavy atom. The third-order valence-electron chi connectivity index (χ3n) is 1.94. The van der Waals surface area contributed by atoms with E-state index in [2.05, 4.69) is 42.7 Å². The zero-order chi connectivity index (χ0) is 12.2. The van der Waals surface area contributed by atoms with Crippen LogP contribution < -0.4 is 5.32 Å². The van der Waals surface area contributed by atoms with Gasteiger partial charge < -0.3 is 5.32 Å². The Balaban J connectivity index is 2.29. The third-order valence-corrected chi connectivity index (χ3v) is 3.12. The normalized spacial score (nSPS) is 11.8. The molecule has 0 aliphatic rings. The molecule has 0 saturated heterocycles. The van der Waals surface area contributed by atoms with Crippen LogP contribution in [0.2, 0.25) is 0 Å². The summed E-state index contributed by atoms with van der Waals surface area (Å²) < 4.78 is 1.77. The summed E-state index contributed by atoms with van der Waals surface area (Å²) in [5, 5.41) is 8.36. The Hall–Kier alpha value is -0.810. The van der Waals surface area contributed by atoms with Crippen molar-refractivity contribution in [1.82, 2.24) is 20.1 Å². The number of thioether (sulfide) groups is 1. The fourth-order valence-corrected chi connectivity index (χ4v) is 1.82. The van der Waals surface area contributed by atoms with E-state index in [4.69, 9.17) is 0 Å². The molecule has 16 heavy (non-hydrogen) atoms. The zero-order valence-electron chi connectivity index (χ0n) is 10.4. The molecule has 0 aromatic carbocycles. The number of aromatic nitrogens is 3. The summed E-state index contributed by atoms with van der Waals surface area (Å²) in [6.07, 6.45) is 1.57. The average molecular weight is 240 g/mol. The van der Waals surface area contributed by atoms with Gasteiger partial charge >= 0.3 is 0 Å². The molecule has 0 aliphatic heterocycles. The van der Waals surface area contributed by atoms with Crippen LogP contribution in [0.5, 0.6) is 0 Å². The van der Waals surface area contributed by atoms with Crippen molar-refractivity contribution in [2.45, 2.75) is 31.5 Å². The maximum Gasteiger partial charge on any atom is 0.186 e. The van der Waals surface area contributed by atoms with Crippen LogP contribution in [0.3, 0.4) is 0 Å². The Labute approximate surface area is 102 Å². The van der Waals surface area contributed by atoms with Crippen LogP contribution in [0.4, 0.5) is 0 Å². The average Bonchev–Trinajstić information content (AvgIpc) is 2.57. The van der Waals surface area contributed by atoms with Gasteiger partial charge in [0.05, 0.1) is 0 Å². The van der Waals surface area contributed by atoms with Gasteiger partial charge in [-0.05, 0) is 20.8 Å². The van der Waals surface area contributed by atoms with Gasteiger partial charge in [0, 0.05) is 24.9 Å². The van der Waals surface area contributed by atoms with Crippen molar-refractivity contribution in [3.05, 3.63) is 18.5 Å². The van der Waals surface area contributed by atoms with Gasteiger partial charge in [0.25, 0.3) is 0 Å². The Morgan fingerprint density at radius 3 is 2.75 bits per heavy atom. The molecule has 0 radical (unpaired) electrons. The van der Waals surface area contributed by atoms with Gasteiger partial charge in [0.2, 0.25) is 0 Å². The molecule has 0 atom stereocenters. The van der Waals surface area contributed by atoms with Crippen molar-refractivity contribution in [2.75, 3.05) is 12.3 Å². The standard InChI is InChI=1S/C11H20N4S/c1-9(6-13-11(2,3)4)7-16-10-12-8-14-15(10)5/h8,13H,1,6-7H2,2-5H3. The SMILES string of the molecule is C=C(CNC(C)(C)C)CSc1ncnn1C. The predicted molar refractivity (Wildman–Crippen MR) is 68.6 cm³/mol. The lowest BCUT2D eigenvalue weighted by atomic mass is 10.1. The lowest BCUT2D eigenvalue weighted by Crippen LogP contribution is -2.37. The highest BCUT2D eigenvalue weighted by molar-refractivity contribution is 7.99. The molecule has 1 aromatic heterocycles. The van der Waals surface area contributed by atoms with Crippen molar-refractivity contribution >= 4 is 11.8 Å². The van der Waals surface area contributed by atoms with E-state index in [-0.39, 0.29) is 5.54 Å². The molecule has 5 heteroatoms. The van der Waals surface area contributed by atoms with Gasteiger partial charge in [0.1, 0.15) is 6.33 Å². The molecule has 0 spiro atoms. The highest BCUT2D eigenvalue weighted by Gasteiger charge is 2.09. The minimum absolute atomic E-state index is 0.137. The number of aryl methyl sites for hydroxylation is 1. The first-order valence-corrected chi connectivity index (χ1v) is 6.25. The molecule has 0 unspecified atom stereocenters. The van der Waals surface area contributed by atoms with Gasteiger partial charge in [-0.25, -0.2) is 9.67 Å². The second-order valence-electron chi connectivity index (χ2n) is 4.81. The Kier molecular flexibility index (Phi) is 4.56. The first-order chi connectivity index (χ1) is 7.38. The lowest BCUT2D eigenvalue weighted by Gasteiger charge is -2.21. The van der Waals surface area contributed by atoms with Crippen molar-refractivity contribution in [3.8, 4) is 0 Å². The van der Waals surface area contributed by atoms with Crippen LogP contribution in [-0.2, 0) is 7.05 Å². The number of nitrogens with zero attached hydrogens (tertiary/aromatic N) is 3. The minimum atomic E-state index is 0.137. The number of rotatable bonds is 5. The summed E-state index contributed by atoms with van der Waals surface area (Å²) in [5.41, 5.74) is 1.31. The van der Waals surface area contributed by atoms with E-state index in [1.807, 2.05) is 7.05 Å². The topological polar surface area (TPSA) is 42.7 Å². The fourth-order valence-electron chi connectivity index (χ4n) is 1.02. The van der Waals surface area contributed by atoms with E-state index in [9.17, 15) is 0 Å². The fraction of sp³-hybridized carbons (Fsp3) is 0.636. The summed E-state index contributed by atoms with van der Waals surface area (Å²) in [6, 6.07) is 0. The molecule has 90 valence electrons. The van der Waals surface area contributed by atoms with E-state index in [1.165, 1.54) is 5.57 Å². The highest BCUT2D eigenvalue weighted by Crippen LogP contribution is 2.16. The number of hydrogen-bond donors (Lipinski definition) is 1. The van der Waals surface area contributed by atoms with Crippen LogP contribution in [-0.4, -0.2) is 32.6 Å². The van der Waals surface area contributed by atoms with Crippen molar-refractivity contribution in [3.63, 3.8) is 0 Å². The Morgan fingerprint density at radius 2 is 2.25 bits per heavy atom. The first kappa shape index (κ1) is 13.3. The molecule has 0 aliphatic carbocycles. The summed E-state index contributed by atoms with van der Waals surface area (Å²) >= 11 is 1.66. The number of hydrogen-bond acceptors (Lipinski definition) is 4. The van der Waals surface area contributed by atoms with Gasteiger partial charge in [-0.15, -0.1) is 0 Å². The monoisotopic (exact) mass is 240 g/mol. The second-order valence-corrected chi connectivity index (χ2v) is 5.75. The highest BCUT2D eigenvalue weighted by atomic mass is 32.2. The largest absolute Gasteiger partial charge is 0.308 e. The summed E-state index contributed by atoms with van der Waals surface area (Å²) in [5.74, 6) is 0.871. The van der Waals surface area contributed by atoms with Crippen molar-refractivity contribution in [2.24, 2.45) is 7.05 Å². The molecule has 4 nitrogen and oxygen atoms in total. The van der Waals surface area contributed by atoms with E-state index >= 15 is 0 Å². The predicted octanol–water partition coefficient (Wildman–Crippen LogP) is 1.85. The molecular formula is C11H20N4S. The number of nitrogens with one attached hydrogen (secondary N) is 1. The first-order valence-electron chi connectivity index (χ1n) is 5.27. The van der Waals surface area contributed by atoms with Crippen molar-refractivity contribution in [1.29, 1.82) is 0 Å². The van der Waals surface area contributed by atoms with E-state index in [0.717, 1.165) is 17.5 Å². The van der Waals surface area contributed by atoms with Gasteiger partial charge in [-0.3, -0.25) is 0 Å². The molecule has 0 fully saturated rings. The molecule has 1 N–H and O–H groups in total. The van der Waals surface area contributed by atoms with Crippen LogP contribution >= 0.6 is 11.8 Å². The molecular weight excluding hydrogens is 220 g/mol. The maximum atomic E-state index is 4.15. The van der Waals surface area contributed by atoms with Crippen LogP contribution in [0.15, 0.2) is 23.6 Å². The van der Waals surface area contributed by atoms with E-state index < -0.39 is 0 Å². The quantitative estimate of drug-likeness (QED) is 0.630. The van der Waals surface area contributed by atoms with Crippen LogP contribution in [0.25, 0.3) is 0 Å². The van der Waals surface area contributed by atoms with E-state index in [0.29, 0.717) is 0 Å². The van der Waals surface area contributed by atoms with Crippen molar-refractivity contribution < 1.29 is 0 Å². The summed E-state index contributed by atoms with van der Waals surface area (Å²) in [7, 11) is 1.89. The molecule has 0 bridgehead atoms. The third kappa shape index (κ3) is 4.81. The minimum Gasteiger partial charge on any atom is -0.308 e. The molecule has 0 amide bonds. The maximum absolute atomic E-state index is 4.15. The summed E-state index contributed by atoms with van der Waals surface area (Å²) in [6.45, 7) is 11.3. The Bertz CT molecular complexity index is 351. The summed E-state index contributed by atoms with van der Waals surface area (Å²) in [4.78, 5) is 4.15. The van der Waals surface area contributed by atoms with E-state index in [1.54, 1.807) is 22.8 Å². The molecule has 1 heterocycles. The zero-order valence-corrected chi connectivity index (χ0v) is 11.3.